The van der Waals surface area contributed by atoms with Gasteiger partial charge in [0, 0.05) is 25.9 Å². The van der Waals surface area contributed by atoms with E-state index in [2.05, 4.69) is 6.58 Å². The molecule has 4 nitrogen and oxygen atoms in total. The van der Waals surface area contributed by atoms with Gasteiger partial charge < -0.3 is 15.4 Å². The molecule has 108 valence electrons. The van der Waals surface area contributed by atoms with E-state index in [4.69, 9.17) is 10.5 Å². The Morgan fingerprint density at radius 2 is 2.20 bits per heavy atom. The number of nitrogens with two attached hydrogens (primary N) is 1. The second-order valence-electron chi connectivity index (χ2n) is 5.13. The lowest BCUT2D eigenvalue weighted by atomic mass is 10.0. The predicted molar refractivity (Wildman–Crippen MR) is 79.2 cm³/mol. The summed E-state index contributed by atoms with van der Waals surface area (Å²) in [7, 11) is 0. The van der Waals surface area contributed by atoms with Crippen molar-refractivity contribution in [3.8, 4) is 0 Å². The lowest BCUT2D eigenvalue weighted by molar-refractivity contribution is 0.0146. The van der Waals surface area contributed by atoms with Crippen LogP contribution < -0.4 is 5.73 Å². The molecule has 1 aliphatic heterocycles. The van der Waals surface area contributed by atoms with Crippen LogP contribution in [-0.4, -0.2) is 23.6 Å². The van der Waals surface area contributed by atoms with Gasteiger partial charge in [-0.3, -0.25) is 0 Å². The van der Waals surface area contributed by atoms with Crippen LogP contribution in [0.5, 0.6) is 0 Å². The molecule has 1 saturated heterocycles. The van der Waals surface area contributed by atoms with Crippen molar-refractivity contribution in [2.45, 2.75) is 38.5 Å². The summed E-state index contributed by atoms with van der Waals surface area (Å²) in [5.41, 5.74) is 7.78. The Morgan fingerprint density at radius 3 is 2.75 bits per heavy atom. The molecular weight excluding hydrogens is 252 g/mol. The quantitative estimate of drug-likeness (QED) is 0.840. The van der Waals surface area contributed by atoms with Crippen molar-refractivity contribution in [2.24, 2.45) is 5.73 Å². The minimum absolute atomic E-state index is 0.0130. The Morgan fingerprint density at radius 1 is 1.50 bits per heavy atom. The monoisotopic (exact) mass is 274 g/mol. The van der Waals surface area contributed by atoms with E-state index in [1.54, 1.807) is 11.0 Å². The van der Waals surface area contributed by atoms with E-state index < -0.39 is 0 Å². The molecule has 1 amide bonds. The minimum Gasteiger partial charge on any atom is -0.446 e. The normalized spacial score (nSPS) is 20.4. The van der Waals surface area contributed by atoms with Crippen LogP contribution >= 0.6 is 0 Å². The zero-order valence-electron chi connectivity index (χ0n) is 11.9. The van der Waals surface area contributed by atoms with Crippen LogP contribution in [0.4, 0.5) is 4.79 Å². The third-order valence-electron chi connectivity index (χ3n) is 3.79. The Bertz CT molecular complexity index is 470. The highest BCUT2D eigenvalue weighted by atomic mass is 16.6. The van der Waals surface area contributed by atoms with E-state index in [1.165, 1.54) is 0 Å². The predicted octanol–water partition coefficient (Wildman–Crippen LogP) is 2.99. The van der Waals surface area contributed by atoms with E-state index in [0.29, 0.717) is 6.54 Å². The van der Waals surface area contributed by atoms with Crippen molar-refractivity contribution in [3.05, 3.63) is 48.0 Å². The van der Waals surface area contributed by atoms with Gasteiger partial charge in [-0.05, 0) is 18.1 Å². The van der Waals surface area contributed by atoms with Gasteiger partial charge in [0.25, 0.3) is 0 Å². The zero-order valence-corrected chi connectivity index (χ0v) is 11.9. The average Bonchev–Trinajstić information content (AvgIpc) is 2.47. The summed E-state index contributed by atoms with van der Waals surface area (Å²) in [4.78, 5) is 13.8. The maximum atomic E-state index is 12.1. The van der Waals surface area contributed by atoms with Gasteiger partial charge in [-0.25, -0.2) is 4.79 Å². The van der Waals surface area contributed by atoms with Crippen LogP contribution in [0.25, 0.3) is 0 Å². The topological polar surface area (TPSA) is 55.6 Å². The first-order chi connectivity index (χ1) is 9.65. The van der Waals surface area contributed by atoms with Crippen molar-refractivity contribution in [2.75, 3.05) is 6.54 Å². The molecule has 0 bridgehead atoms. The van der Waals surface area contributed by atoms with Crippen LogP contribution in [-0.2, 0) is 11.3 Å². The van der Waals surface area contributed by atoms with Gasteiger partial charge in [0.05, 0.1) is 6.04 Å². The molecule has 4 heteroatoms. The number of hydrogen-bond acceptors (Lipinski definition) is 3. The number of carbonyl (C=O) groups excluding carboxylic acids is 1. The summed E-state index contributed by atoms with van der Waals surface area (Å²) in [5, 5.41) is 0. The van der Waals surface area contributed by atoms with Gasteiger partial charge in [-0.1, -0.05) is 30.3 Å². The first-order valence-corrected chi connectivity index (χ1v) is 7.02. The first kappa shape index (κ1) is 14.6. The molecule has 0 radical (unpaired) electrons. The Kier molecular flexibility index (Phi) is 4.79. The van der Waals surface area contributed by atoms with Crippen molar-refractivity contribution < 1.29 is 9.53 Å². The van der Waals surface area contributed by atoms with Gasteiger partial charge in [-0.2, -0.15) is 0 Å². The summed E-state index contributed by atoms with van der Waals surface area (Å²) in [6.07, 6.45) is 3.10. The largest absolute Gasteiger partial charge is 0.446 e. The van der Waals surface area contributed by atoms with Gasteiger partial charge in [0.15, 0.2) is 0 Å². The van der Waals surface area contributed by atoms with Crippen molar-refractivity contribution in [1.29, 1.82) is 0 Å². The third-order valence-corrected chi connectivity index (χ3v) is 3.79. The van der Waals surface area contributed by atoms with Crippen LogP contribution in [0.1, 0.15) is 36.9 Å². The van der Waals surface area contributed by atoms with Crippen molar-refractivity contribution in [1.82, 2.24) is 4.90 Å². The Balaban J connectivity index is 2.03. The molecule has 1 aromatic carbocycles. The number of nitrogens with zero attached hydrogens (tertiary/aromatic N) is 1. The minimum atomic E-state index is -0.237. The van der Waals surface area contributed by atoms with E-state index in [0.717, 1.165) is 30.5 Å². The fourth-order valence-electron chi connectivity index (χ4n) is 2.46. The van der Waals surface area contributed by atoms with Crippen LogP contribution in [0.2, 0.25) is 0 Å². The van der Waals surface area contributed by atoms with Crippen LogP contribution in [0, 0.1) is 0 Å². The highest BCUT2D eigenvalue weighted by molar-refractivity contribution is 5.69. The second kappa shape index (κ2) is 6.57. The molecule has 2 unspecified atom stereocenters. The lowest BCUT2D eigenvalue weighted by Gasteiger charge is -2.35. The molecule has 1 fully saturated rings. The third kappa shape index (κ3) is 3.20. The smallest absolute Gasteiger partial charge is 0.410 e. The molecule has 20 heavy (non-hydrogen) atoms. The number of benzene rings is 1. The molecule has 1 aliphatic rings. The standard InChI is InChI=1S/C16H22N2O2/c1-3-4-15-9-10-18(16(19)20-15)12(2)14-7-5-13(11-17)6-8-14/h3,5-8,12,15H,1,4,9-11,17H2,2H3. The summed E-state index contributed by atoms with van der Waals surface area (Å²) in [5.74, 6) is 0. The van der Waals surface area contributed by atoms with Gasteiger partial charge in [-0.15, -0.1) is 6.58 Å². The Labute approximate surface area is 120 Å². The molecule has 0 aromatic heterocycles. The molecular formula is C16H22N2O2. The lowest BCUT2D eigenvalue weighted by Crippen LogP contribution is -2.43. The fourth-order valence-corrected chi connectivity index (χ4v) is 2.46. The second-order valence-corrected chi connectivity index (χ2v) is 5.13. The van der Waals surface area contributed by atoms with Crippen molar-refractivity contribution >= 4 is 6.09 Å². The molecule has 1 aromatic rings. The highest BCUT2D eigenvalue weighted by Gasteiger charge is 2.30. The van der Waals surface area contributed by atoms with E-state index in [-0.39, 0.29) is 18.2 Å². The summed E-state index contributed by atoms with van der Waals surface area (Å²) in [6.45, 7) is 6.95. The number of cyclic esters (lactones) is 1. The first-order valence-electron chi connectivity index (χ1n) is 7.02. The van der Waals surface area contributed by atoms with Gasteiger partial charge in [0.1, 0.15) is 6.10 Å². The average molecular weight is 274 g/mol. The van der Waals surface area contributed by atoms with E-state index in [9.17, 15) is 4.79 Å². The molecule has 0 spiro atoms. The summed E-state index contributed by atoms with van der Waals surface area (Å²) >= 11 is 0. The van der Waals surface area contributed by atoms with Crippen molar-refractivity contribution in [3.63, 3.8) is 0 Å². The van der Waals surface area contributed by atoms with Crippen LogP contribution in [0.15, 0.2) is 36.9 Å². The molecule has 2 rings (SSSR count). The highest BCUT2D eigenvalue weighted by Crippen LogP contribution is 2.26. The number of rotatable bonds is 5. The number of hydrogen-bond donors (Lipinski definition) is 1. The Hall–Kier alpha value is -1.81. The van der Waals surface area contributed by atoms with Crippen LogP contribution in [0.3, 0.4) is 0 Å². The van der Waals surface area contributed by atoms with E-state index >= 15 is 0 Å². The maximum absolute atomic E-state index is 12.1. The molecule has 2 atom stereocenters. The van der Waals surface area contributed by atoms with Gasteiger partial charge in [0.2, 0.25) is 0 Å². The molecule has 1 heterocycles. The summed E-state index contributed by atoms with van der Waals surface area (Å²) in [6, 6.07) is 8.06. The van der Waals surface area contributed by atoms with Gasteiger partial charge >= 0.3 is 6.09 Å². The SMILES string of the molecule is C=CCC1CCN(C(C)c2ccc(CN)cc2)C(=O)O1. The summed E-state index contributed by atoms with van der Waals surface area (Å²) < 4.78 is 5.42. The fraction of sp³-hybridized carbons (Fsp3) is 0.438. The molecule has 0 aliphatic carbocycles. The zero-order chi connectivity index (χ0) is 14.5. The number of carbonyl (C=O) groups is 1. The number of amides is 1. The molecule has 0 saturated carbocycles. The van der Waals surface area contributed by atoms with E-state index in [1.807, 2.05) is 31.2 Å². The molecule has 2 N–H and O–H groups in total. The maximum Gasteiger partial charge on any atom is 0.410 e. The number of ether oxygens (including phenoxy) is 1.